The number of halogens is 1. The van der Waals surface area contributed by atoms with E-state index in [2.05, 4.69) is 20.6 Å². The van der Waals surface area contributed by atoms with Gasteiger partial charge in [-0.3, -0.25) is 9.78 Å². The molecule has 162 valence electrons. The summed E-state index contributed by atoms with van der Waals surface area (Å²) >= 11 is 7.21. The number of rotatable bonds is 9. The summed E-state index contributed by atoms with van der Waals surface area (Å²) in [5.41, 5.74) is 1.70. The molecule has 0 aliphatic rings. The first-order valence-electron chi connectivity index (χ1n) is 9.48. The van der Waals surface area contributed by atoms with Gasteiger partial charge in [-0.05, 0) is 36.4 Å². The Morgan fingerprint density at radius 2 is 2.00 bits per heavy atom. The van der Waals surface area contributed by atoms with E-state index in [-0.39, 0.29) is 18.5 Å². The van der Waals surface area contributed by atoms with Crippen molar-refractivity contribution in [3.63, 3.8) is 0 Å². The molecule has 10 heteroatoms. The van der Waals surface area contributed by atoms with E-state index in [0.29, 0.717) is 41.1 Å². The number of nitrogens with one attached hydrogen (secondary N) is 2. The fourth-order valence-electron chi connectivity index (χ4n) is 2.60. The van der Waals surface area contributed by atoms with Crippen LogP contribution in [0.15, 0.2) is 54.0 Å². The molecule has 1 aromatic carbocycles. The SMILES string of the molecule is COCCN(Cc1nc(C(=O)NCc2ccccn2)cs1)C(=O)Nc1ccc(Cl)cc1. The number of anilines is 1. The van der Waals surface area contributed by atoms with E-state index in [9.17, 15) is 9.59 Å². The molecule has 31 heavy (non-hydrogen) atoms. The number of carbonyl (C=O) groups is 2. The maximum absolute atomic E-state index is 12.7. The highest BCUT2D eigenvalue weighted by Crippen LogP contribution is 2.16. The molecule has 0 spiro atoms. The zero-order valence-electron chi connectivity index (χ0n) is 16.9. The van der Waals surface area contributed by atoms with Crippen molar-refractivity contribution in [1.29, 1.82) is 0 Å². The number of hydrogen-bond donors (Lipinski definition) is 2. The minimum Gasteiger partial charge on any atom is -0.383 e. The number of nitrogens with zero attached hydrogens (tertiary/aromatic N) is 3. The third-order valence-electron chi connectivity index (χ3n) is 4.21. The normalized spacial score (nSPS) is 10.5. The number of pyridine rings is 1. The topological polar surface area (TPSA) is 96.4 Å². The number of methoxy groups -OCH3 is 1. The van der Waals surface area contributed by atoms with Gasteiger partial charge in [-0.1, -0.05) is 17.7 Å². The fourth-order valence-corrected chi connectivity index (χ4v) is 3.52. The molecule has 0 radical (unpaired) electrons. The van der Waals surface area contributed by atoms with Crippen molar-refractivity contribution in [2.45, 2.75) is 13.1 Å². The first-order valence-corrected chi connectivity index (χ1v) is 10.7. The van der Waals surface area contributed by atoms with Gasteiger partial charge < -0.3 is 20.3 Å². The largest absolute Gasteiger partial charge is 0.383 e. The molecular formula is C21H22ClN5O3S. The predicted molar refractivity (Wildman–Crippen MR) is 120 cm³/mol. The average Bonchev–Trinajstić information content (AvgIpc) is 3.26. The quantitative estimate of drug-likeness (QED) is 0.507. The molecule has 2 aromatic heterocycles. The lowest BCUT2D eigenvalue weighted by Crippen LogP contribution is -2.36. The van der Waals surface area contributed by atoms with E-state index < -0.39 is 0 Å². The van der Waals surface area contributed by atoms with Crippen molar-refractivity contribution in [1.82, 2.24) is 20.2 Å². The van der Waals surface area contributed by atoms with Crippen molar-refractivity contribution in [2.75, 3.05) is 25.6 Å². The zero-order chi connectivity index (χ0) is 22.1. The number of hydrogen-bond acceptors (Lipinski definition) is 6. The van der Waals surface area contributed by atoms with Gasteiger partial charge in [0.15, 0.2) is 0 Å². The van der Waals surface area contributed by atoms with Gasteiger partial charge in [0.1, 0.15) is 10.7 Å². The van der Waals surface area contributed by atoms with Gasteiger partial charge in [-0.15, -0.1) is 11.3 Å². The molecule has 0 saturated carbocycles. The van der Waals surface area contributed by atoms with Crippen LogP contribution in [0.4, 0.5) is 10.5 Å². The molecule has 0 aliphatic heterocycles. The van der Waals surface area contributed by atoms with Crippen molar-refractivity contribution in [3.05, 3.63) is 75.5 Å². The second-order valence-corrected chi connectivity index (χ2v) is 7.86. The molecule has 0 aliphatic carbocycles. The Labute approximate surface area is 189 Å². The minimum absolute atomic E-state index is 0.251. The molecule has 0 saturated heterocycles. The molecule has 2 N–H and O–H groups in total. The Hall–Kier alpha value is -3.01. The highest BCUT2D eigenvalue weighted by molar-refractivity contribution is 7.09. The predicted octanol–water partition coefficient (Wildman–Crippen LogP) is 3.80. The van der Waals surface area contributed by atoms with Gasteiger partial charge in [0, 0.05) is 35.9 Å². The van der Waals surface area contributed by atoms with Crippen LogP contribution in [0.25, 0.3) is 0 Å². The summed E-state index contributed by atoms with van der Waals surface area (Å²) < 4.78 is 5.12. The first kappa shape index (κ1) is 22.7. The molecular weight excluding hydrogens is 438 g/mol. The van der Waals surface area contributed by atoms with Gasteiger partial charge in [0.2, 0.25) is 0 Å². The number of amides is 3. The molecule has 3 amide bonds. The zero-order valence-corrected chi connectivity index (χ0v) is 18.4. The van der Waals surface area contributed by atoms with Gasteiger partial charge >= 0.3 is 6.03 Å². The Morgan fingerprint density at radius 3 is 2.71 bits per heavy atom. The van der Waals surface area contributed by atoms with E-state index in [1.807, 2.05) is 18.2 Å². The maximum atomic E-state index is 12.7. The van der Waals surface area contributed by atoms with Crippen molar-refractivity contribution in [2.24, 2.45) is 0 Å². The number of carbonyl (C=O) groups excluding carboxylic acids is 2. The Bertz CT molecular complexity index is 998. The van der Waals surface area contributed by atoms with Crippen molar-refractivity contribution in [3.8, 4) is 0 Å². The molecule has 3 rings (SSSR count). The summed E-state index contributed by atoms with van der Waals surface area (Å²) in [4.78, 5) is 35.2. The van der Waals surface area contributed by atoms with Crippen LogP contribution in [0.2, 0.25) is 5.02 Å². The average molecular weight is 460 g/mol. The lowest BCUT2D eigenvalue weighted by molar-refractivity contribution is 0.0946. The summed E-state index contributed by atoms with van der Waals surface area (Å²) in [6, 6.07) is 12.1. The molecule has 0 unspecified atom stereocenters. The molecule has 0 bridgehead atoms. The second-order valence-electron chi connectivity index (χ2n) is 6.48. The number of aromatic nitrogens is 2. The third kappa shape index (κ3) is 7.02. The number of thiazole rings is 1. The number of ether oxygens (including phenoxy) is 1. The van der Waals surface area contributed by atoms with Crippen LogP contribution >= 0.6 is 22.9 Å². The Morgan fingerprint density at radius 1 is 1.19 bits per heavy atom. The molecule has 0 atom stereocenters. The van der Waals surface area contributed by atoms with E-state index >= 15 is 0 Å². The van der Waals surface area contributed by atoms with Crippen molar-refractivity contribution >= 4 is 40.6 Å². The number of urea groups is 1. The minimum atomic E-state index is -0.296. The lowest BCUT2D eigenvalue weighted by Gasteiger charge is -2.21. The molecule has 3 aromatic rings. The molecule has 8 nitrogen and oxygen atoms in total. The third-order valence-corrected chi connectivity index (χ3v) is 5.30. The van der Waals surface area contributed by atoms with Gasteiger partial charge in [0.05, 0.1) is 25.4 Å². The maximum Gasteiger partial charge on any atom is 0.322 e. The van der Waals surface area contributed by atoms with Crippen LogP contribution < -0.4 is 10.6 Å². The molecule has 0 fully saturated rings. The van der Waals surface area contributed by atoms with Gasteiger partial charge in [0.25, 0.3) is 5.91 Å². The number of benzene rings is 1. The van der Waals surface area contributed by atoms with E-state index in [0.717, 1.165) is 5.69 Å². The van der Waals surface area contributed by atoms with Crippen LogP contribution in [-0.2, 0) is 17.8 Å². The van der Waals surface area contributed by atoms with E-state index in [1.54, 1.807) is 47.9 Å². The summed E-state index contributed by atoms with van der Waals surface area (Å²) in [5.74, 6) is -0.290. The Balaban J connectivity index is 1.60. The van der Waals surface area contributed by atoms with Crippen LogP contribution in [0.1, 0.15) is 21.2 Å². The summed E-state index contributed by atoms with van der Waals surface area (Å²) in [5, 5.41) is 8.53. The van der Waals surface area contributed by atoms with E-state index in [4.69, 9.17) is 16.3 Å². The van der Waals surface area contributed by atoms with Crippen molar-refractivity contribution < 1.29 is 14.3 Å². The van der Waals surface area contributed by atoms with Crippen LogP contribution in [-0.4, -0.2) is 47.1 Å². The lowest BCUT2D eigenvalue weighted by atomic mass is 10.3. The Kier molecular flexibility index (Phi) is 8.34. The first-order chi connectivity index (χ1) is 15.0. The summed E-state index contributed by atoms with van der Waals surface area (Å²) in [7, 11) is 1.57. The highest BCUT2D eigenvalue weighted by Gasteiger charge is 2.18. The van der Waals surface area contributed by atoms with Crippen LogP contribution in [0.5, 0.6) is 0 Å². The highest BCUT2D eigenvalue weighted by atomic mass is 35.5. The second kappa shape index (κ2) is 11.4. The van der Waals surface area contributed by atoms with Gasteiger partial charge in [-0.25, -0.2) is 9.78 Å². The fraction of sp³-hybridized carbons (Fsp3) is 0.238. The summed E-state index contributed by atoms with van der Waals surface area (Å²) in [6.07, 6.45) is 1.67. The smallest absolute Gasteiger partial charge is 0.322 e. The van der Waals surface area contributed by atoms with Gasteiger partial charge in [-0.2, -0.15) is 0 Å². The monoisotopic (exact) mass is 459 g/mol. The van der Waals surface area contributed by atoms with E-state index in [1.165, 1.54) is 11.3 Å². The van der Waals surface area contributed by atoms with Crippen LogP contribution in [0.3, 0.4) is 0 Å². The molecule has 2 heterocycles. The van der Waals surface area contributed by atoms with Crippen LogP contribution in [0, 0.1) is 0 Å². The standard InChI is InChI=1S/C21H22ClN5O3S/c1-30-11-10-27(21(29)25-16-7-5-15(22)6-8-16)13-19-26-18(14-31-19)20(28)24-12-17-4-2-3-9-23-17/h2-9,14H,10-13H2,1H3,(H,24,28)(H,25,29). The summed E-state index contributed by atoms with van der Waals surface area (Å²) in [6.45, 7) is 1.31.